The number of rotatable bonds is 6. The minimum atomic E-state index is -0.231. The van der Waals surface area contributed by atoms with Gasteiger partial charge in [-0.3, -0.25) is 4.79 Å². The van der Waals surface area contributed by atoms with Gasteiger partial charge in [-0.2, -0.15) is 0 Å². The number of carbonyl (C=O) groups excluding carboxylic acids is 1. The SMILES string of the molecule is CC(C)(N)CCC(=O)NCCC1CCC1. The second kappa shape index (κ2) is 5.50. The molecule has 0 atom stereocenters. The molecule has 0 unspecified atom stereocenters. The summed E-state index contributed by atoms with van der Waals surface area (Å²) in [6, 6.07) is 0. The van der Waals surface area contributed by atoms with Gasteiger partial charge in [-0.25, -0.2) is 0 Å². The molecule has 0 saturated heterocycles. The lowest BCUT2D eigenvalue weighted by molar-refractivity contribution is -0.121. The van der Waals surface area contributed by atoms with Crippen molar-refractivity contribution < 1.29 is 4.79 Å². The molecule has 0 aromatic rings. The molecule has 1 amide bonds. The van der Waals surface area contributed by atoms with Crippen LogP contribution in [-0.4, -0.2) is 18.0 Å². The summed E-state index contributed by atoms with van der Waals surface area (Å²) in [6.45, 7) is 4.75. The Bertz CT molecular complexity index is 204. The second-order valence-corrected chi connectivity index (χ2v) is 5.42. The average Bonchev–Trinajstić information content (AvgIpc) is 2.04. The van der Waals surface area contributed by atoms with Gasteiger partial charge in [0.1, 0.15) is 0 Å². The van der Waals surface area contributed by atoms with E-state index < -0.39 is 0 Å². The number of nitrogens with one attached hydrogen (secondary N) is 1. The number of carbonyl (C=O) groups is 1. The predicted molar refractivity (Wildman–Crippen MR) is 62.5 cm³/mol. The van der Waals surface area contributed by atoms with Gasteiger partial charge >= 0.3 is 0 Å². The van der Waals surface area contributed by atoms with Crippen LogP contribution in [0.25, 0.3) is 0 Å². The highest BCUT2D eigenvalue weighted by atomic mass is 16.1. The fourth-order valence-electron chi connectivity index (χ4n) is 1.72. The Balaban J connectivity index is 1.98. The second-order valence-electron chi connectivity index (χ2n) is 5.42. The molecule has 1 saturated carbocycles. The highest BCUT2D eigenvalue weighted by Gasteiger charge is 2.17. The molecule has 0 radical (unpaired) electrons. The van der Waals surface area contributed by atoms with E-state index in [2.05, 4.69) is 5.32 Å². The van der Waals surface area contributed by atoms with Gasteiger partial charge in [-0.15, -0.1) is 0 Å². The van der Waals surface area contributed by atoms with E-state index in [1.807, 2.05) is 13.8 Å². The van der Waals surface area contributed by atoms with E-state index in [1.54, 1.807) is 0 Å². The fraction of sp³-hybridized carbons (Fsp3) is 0.917. The van der Waals surface area contributed by atoms with Crippen molar-refractivity contribution in [1.82, 2.24) is 5.32 Å². The molecule has 0 aromatic carbocycles. The normalized spacial score (nSPS) is 17.3. The third kappa shape index (κ3) is 5.78. The Kier molecular flexibility index (Phi) is 4.58. The van der Waals surface area contributed by atoms with Crippen molar-refractivity contribution in [2.75, 3.05) is 6.54 Å². The first-order valence-electron chi connectivity index (χ1n) is 6.03. The minimum Gasteiger partial charge on any atom is -0.356 e. The van der Waals surface area contributed by atoms with Crippen molar-refractivity contribution in [2.45, 2.75) is 57.9 Å². The fourth-order valence-corrected chi connectivity index (χ4v) is 1.72. The Morgan fingerprint density at radius 1 is 1.47 bits per heavy atom. The zero-order chi connectivity index (χ0) is 11.3. The maximum atomic E-state index is 11.4. The van der Waals surface area contributed by atoms with Crippen LogP contribution in [0.5, 0.6) is 0 Å². The van der Waals surface area contributed by atoms with Crippen molar-refractivity contribution >= 4 is 5.91 Å². The van der Waals surface area contributed by atoms with Crippen LogP contribution in [-0.2, 0) is 4.79 Å². The molecule has 1 fully saturated rings. The molecule has 15 heavy (non-hydrogen) atoms. The molecular formula is C12H24N2O. The van der Waals surface area contributed by atoms with Gasteiger partial charge in [0.05, 0.1) is 0 Å². The summed E-state index contributed by atoms with van der Waals surface area (Å²) in [6.07, 6.45) is 6.53. The summed E-state index contributed by atoms with van der Waals surface area (Å²) in [7, 11) is 0. The molecular weight excluding hydrogens is 188 g/mol. The van der Waals surface area contributed by atoms with E-state index in [1.165, 1.54) is 19.3 Å². The van der Waals surface area contributed by atoms with Crippen LogP contribution >= 0.6 is 0 Å². The maximum Gasteiger partial charge on any atom is 0.220 e. The summed E-state index contributed by atoms with van der Waals surface area (Å²) in [5.41, 5.74) is 5.58. The first-order chi connectivity index (χ1) is 6.97. The smallest absolute Gasteiger partial charge is 0.220 e. The third-order valence-electron chi connectivity index (χ3n) is 3.10. The average molecular weight is 212 g/mol. The van der Waals surface area contributed by atoms with Crippen molar-refractivity contribution in [1.29, 1.82) is 0 Å². The number of hydrogen-bond donors (Lipinski definition) is 2. The number of hydrogen-bond acceptors (Lipinski definition) is 2. The number of amides is 1. The van der Waals surface area contributed by atoms with Gasteiger partial charge in [0.25, 0.3) is 0 Å². The van der Waals surface area contributed by atoms with Gasteiger partial charge < -0.3 is 11.1 Å². The summed E-state index contributed by atoms with van der Waals surface area (Å²) in [5.74, 6) is 1.02. The molecule has 0 aliphatic heterocycles. The van der Waals surface area contributed by atoms with Gasteiger partial charge in [0, 0.05) is 18.5 Å². The van der Waals surface area contributed by atoms with Crippen LogP contribution < -0.4 is 11.1 Å². The highest BCUT2D eigenvalue weighted by molar-refractivity contribution is 5.75. The molecule has 3 heteroatoms. The molecule has 1 rings (SSSR count). The minimum absolute atomic E-state index is 0.146. The maximum absolute atomic E-state index is 11.4. The summed E-state index contributed by atoms with van der Waals surface area (Å²) < 4.78 is 0. The topological polar surface area (TPSA) is 55.1 Å². The molecule has 1 aliphatic rings. The molecule has 1 aliphatic carbocycles. The van der Waals surface area contributed by atoms with Crippen molar-refractivity contribution in [3.05, 3.63) is 0 Å². The Hall–Kier alpha value is -0.570. The van der Waals surface area contributed by atoms with Crippen LogP contribution in [0.15, 0.2) is 0 Å². The summed E-state index contributed by atoms with van der Waals surface area (Å²) in [4.78, 5) is 11.4. The first kappa shape index (κ1) is 12.5. The molecule has 3 nitrogen and oxygen atoms in total. The van der Waals surface area contributed by atoms with E-state index in [-0.39, 0.29) is 11.4 Å². The predicted octanol–water partition coefficient (Wildman–Crippen LogP) is 1.81. The molecule has 0 spiro atoms. The van der Waals surface area contributed by atoms with E-state index in [0.717, 1.165) is 25.3 Å². The zero-order valence-corrected chi connectivity index (χ0v) is 10.0. The third-order valence-corrected chi connectivity index (χ3v) is 3.10. The molecule has 0 bridgehead atoms. The van der Waals surface area contributed by atoms with Gasteiger partial charge in [0.2, 0.25) is 5.91 Å². The summed E-state index contributed by atoms with van der Waals surface area (Å²) in [5, 5.41) is 2.96. The Morgan fingerprint density at radius 2 is 2.13 bits per heavy atom. The summed E-state index contributed by atoms with van der Waals surface area (Å²) >= 11 is 0. The van der Waals surface area contributed by atoms with Crippen LogP contribution in [0.1, 0.15) is 52.4 Å². The van der Waals surface area contributed by atoms with Gasteiger partial charge in [-0.1, -0.05) is 19.3 Å². The van der Waals surface area contributed by atoms with E-state index in [9.17, 15) is 4.79 Å². The molecule has 88 valence electrons. The van der Waals surface area contributed by atoms with E-state index in [4.69, 9.17) is 5.73 Å². The molecule has 0 heterocycles. The lowest BCUT2D eigenvalue weighted by atomic mass is 9.83. The van der Waals surface area contributed by atoms with Crippen LogP contribution in [0.3, 0.4) is 0 Å². The first-order valence-corrected chi connectivity index (χ1v) is 6.03. The standard InChI is InChI=1S/C12H24N2O/c1-12(2,13)8-6-11(15)14-9-7-10-4-3-5-10/h10H,3-9,13H2,1-2H3,(H,14,15). The van der Waals surface area contributed by atoms with Crippen molar-refractivity contribution in [3.8, 4) is 0 Å². The molecule has 3 N–H and O–H groups in total. The largest absolute Gasteiger partial charge is 0.356 e. The Morgan fingerprint density at radius 3 is 2.60 bits per heavy atom. The van der Waals surface area contributed by atoms with Crippen molar-refractivity contribution in [2.24, 2.45) is 11.7 Å². The van der Waals surface area contributed by atoms with Crippen molar-refractivity contribution in [3.63, 3.8) is 0 Å². The zero-order valence-electron chi connectivity index (χ0n) is 10.0. The van der Waals surface area contributed by atoms with Crippen LogP contribution in [0, 0.1) is 5.92 Å². The van der Waals surface area contributed by atoms with Crippen LogP contribution in [0.2, 0.25) is 0 Å². The number of nitrogens with two attached hydrogens (primary N) is 1. The monoisotopic (exact) mass is 212 g/mol. The quantitative estimate of drug-likeness (QED) is 0.705. The highest BCUT2D eigenvalue weighted by Crippen LogP contribution is 2.28. The lowest BCUT2D eigenvalue weighted by Gasteiger charge is -2.25. The molecule has 0 aromatic heterocycles. The van der Waals surface area contributed by atoms with E-state index >= 15 is 0 Å². The lowest BCUT2D eigenvalue weighted by Crippen LogP contribution is -2.35. The van der Waals surface area contributed by atoms with Crippen LogP contribution in [0.4, 0.5) is 0 Å². The van der Waals surface area contributed by atoms with Gasteiger partial charge in [-0.05, 0) is 32.6 Å². The van der Waals surface area contributed by atoms with Gasteiger partial charge in [0.15, 0.2) is 0 Å². The Labute approximate surface area is 92.8 Å². The van der Waals surface area contributed by atoms with E-state index in [0.29, 0.717) is 6.42 Å².